The number of nitrogens with zero attached hydrogens (tertiary/aromatic N) is 4. The minimum absolute atomic E-state index is 0.163. The first-order valence-corrected chi connectivity index (χ1v) is 14.2. The van der Waals surface area contributed by atoms with Crippen LogP contribution in [0.3, 0.4) is 0 Å². The maximum Gasteiger partial charge on any atom is 0.237 e. The van der Waals surface area contributed by atoms with Crippen molar-refractivity contribution >= 4 is 50.6 Å². The second kappa shape index (κ2) is 11.0. The van der Waals surface area contributed by atoms with Gasteiger partial charge in [-0.25, -0.2) is 22.8 Å². The molecule has 0 radical (unpaired) electrons. The van der Waals surface area contributed by atoms with Crippen LogP contribution in [0.4, 0.5) is 33.3 Å². The molecule has 0 atom stereocenters. The highest BCUT2D eigenvalue weighted by atomic mass is 35.5. The zero-order valence-corrected chi connectivity index (χ0v) is 23.7. The highest BCUT2D eigenvalue weighted by Gasteiger charge is 2.29. The van der Waals surface area contributed by atoms with Crippen LogP contribution in [0.2, 0.25) is 5.02 Å². The van der Waals surface area contributed by atoms with E-state index >= 15 is 0 Å². The first-order valence-electron chi connectivity index (χ1n) is 12.4. The Kier molecular flexibility index (Phi) is 8.10. The van der Waals surface area contributed by atoms with Crippen LogP contribution in [0.5, 0.6) is 0 Å². The van der Waals surface area contributed by atoms with Gasteiger partial charge in [0.1, 0.15) is 17.5 Å². The number of rotatable bonds is 7. The van der Waals surface area contributed by atoms with Gasteiger partial charge in [-0.3, -0.25) is 4.72 Å². The lowest BCUT2D eigenvalue weighted by Gasteiger charge is -2.29. The van der Waals surface area contributed by atoms with E-state index in [2.05, 4.69) is 42.3 Å². The molecule has 4 rings (SSSR count). The predicted octanol–water partition coefficient (Wildman–Crippen LogP) is 5.81. The second-order valence-corrected chi connectivity index (χ2v) is 13.4. The van der Waals surface area contributed by atoms with Crippen molar-refractivity contribution in [1.82, 2.24) is 19.9 Å². The second-order valence-electron chi connectivity index (χ2n) is 10.6. The van der Waals surface area contributed by atoms with Crippen LogP contribution in [0.1, 0.15) is 50.7 Å². The fourth-order valence-corrected chi connectivity index (χ4v) is 4.97. The van der Waals surface area contributed by atoms with Gasteiger partial charge < -0.3 is 15.5 Å². The van der Waals surface area contributed by atoms with Crippen molar-refractivity contribution < 1.29 is 12.8 Å². The summed E-state index contributed by atoms with van der Waals surface area (Å²) < 4.78 is 41.7. The van der Waals surface area contributed by atoms with E-state index in [0.717, 1.165) is 31.5 Å². The van der Waals surface area contributed by atoms with E-state index in [1.807, 2.05) is 6.92 Å². The quantitative estimate of drug-likeness (QED) is 0.331. The molecule has 3 heterocycles. The first kappa shape index (κ1) is 28.0. The van der Waals surface area contributed by atoms with Crippen LogP contribution < -0.4 is 15.4 Å². The zero-order chi connectivity index (χ0) is 27.7. The molecule has 0 spiro atoms. The highest BCUT2D eigenvalue weighted by molar-refractivity contribution is 7.94. The molecule has 12 heteroatoms. The molecule has 1 saturated heterocycles. The molecule has 0 saturated carbocycles. The number of pyridine rings is 1. The number of sulfonamides is 1. The van der Waals surface area contributed by atoms with E-state index in [0.29, 0.717) is 22.9 Å². The molecular formula is C26H33ClFN7O2S. The van der Waals surface area contributed by atoms with Crippen molar-refractivity contribution in [3.63, 3.8) is 0 Å². The summed E-state index contributed by atoms with van der Waals surface area (Å²) in [4.78, 5) is 15.4. The van der Waals surface area contributed by atoms with E-state index in [-0.39, 0.29) is 28.4 Å². The Morgan fingerprint density at radius 3 is 2.45 bits per heavy atom. The van der Waals surface area contributed by atoms with Gasteiger partial charge in [-0.2, -0.15) is 4.98 Å². The standard InChI is InChI=1S/C26H33ClFN7O2S/c1-16-14-30-25(32-23-13-21(28)19(15-29-23)17-8-10-35(5)11-9-17)33-24(16)31-18-6-7-20(27)22(12-18)34-38(36,37)26(2,3)4/h6-7,12-15,17,34H,8-11H2,1-5H3,(H2,29,30,31,32,33). The van der Waals surface area contributed by atoms with Gasteiger partial charge in [-0.05, 0) is 84.8 Å². The normalized spacial score (nSPS) is 15.3. The largest absolute Gasteiger partial charge is 0.340 e. The van der Waals surface area contributed by atoms with E-state index < -0.39 is 14.8 Å². The van der Waals surface area contributed by atoms with Crippen molar-refractivity contribution in [1.29, 1.82) is 0 Å². The van der Waals surface area contributed by atoms with E-state index in [1.165, 1.54) is 6.07 Å². The monoisotopic (exact) mass is 561 g/mol. The van der Waals surface area contributed by atoms with Crippen molar-refractivity contribution in [2.45, 2.75) is 51.2 Å². The molecule has 1 aromatic carbocycles. The molecule has 0 bridgehead atoms. The Morgan fingerprint density at radius 1 is 1.08 bits per heavy atom. The summed E-state index contributed by atoms with van der Waals surface area (Å²) in [6.07, 6.45) is 5.03. The number of aryl methyl sites for hydroxylation is 1. The van der Waals surface area contributed by atoms with Gasteiger partial charge in [0.25, 0.3) is 0 Å². The molecule has 3 N–H and O–H groups in total. The number of likely N-dealkylation sites (tertiary alicyclic amines) is 1. The van der Waals surface area contributed by atoms with Crippen LogP contribution in [0.15, 0.2) is 36.7 Å². The van der Waals surface area contributed by atoms with Crippen LogP contribution in [0.25, 0.3) is 0 Å². The molecule has 0 unspecified atom stereocenters. The maximum absolute atomic E-state index is 14.9. The van der Waals surface area contributed by atoms with Gasteiger partial charge in [0.05, 0.1) is 15.5 Å². The Hall–Kier alpha value is -3.02. The third kappa shape index (κ3) is 6.51. The molecule has 0 aliphatic carbocycles. The molecule has 204 valence electrons. The average Bonchev–Trinajstić information content (AvgIpc) is 2.83. The summed E-state index contributed by atoms with van der Waals surface area (Å²) >= 11 is 6.25. The molecular weight excluding hydrogens is 529 g/mol. The number of benzene rings is 1. The Balaban J connectivity index is 1.51. The molecule has 38 heavy (non-hydrogen) atoms. The lowest BCUT2D eigenvalue weighted by molar-refractivity contribution is 0.253. The molecule has 0 amide bonds. The number of hydrogen-bond donors (Lipinski definition) is 3. The van der Waals surface area contributed by atoms with Crippen LogP contribution >= 0.6 is 11.6 Å². The molecule has 2 aromatic heterocycles. The van der Waals surface area contributed by atoms with Gasteiger partial charge in [-0.15, -0.1) is 0 Å². The van der Waals surface area contributed by atoms with Crippen LogP contribution in [-0.2, 0) is 10.0 Å². The predicted molar refractivity (Wildman–Crippen MR) is 151 cm³/mol. The minimum atomic E-state index is -3.67. The van der Waals surface area contributed by atoms with Crippen LogP contribution in [-0.4, -0.2) is 53.2 Å². The summed E-state index contributed by atoms with van der Waals surface area (Å²) in [6, 6.07) is 6.28. The number of piperidine rings is 1. The van der Waals surface area contributed by atoms with Gasteiger partial charge in [-0.1, -0.05) is 11.6 Å². The van der Waals surface area contributed by atoms with Crippen molar-refractivity contribution in [3.8, 4) is 0 Å². The maximum atomic E-state index is 14.9. The zero-order valence-electron chi connectivity index (χ0n) is 22.1. The summed E-state index contributed by atoms with van der Waals surface area (Å²) in [6.45, 7) is 8.52. The number of aromatic nitrogens is 3. The summed E-state index contributed by atoms with van der Waals surface area (Å²) in [5.41, 5.74) is 2.21. The van der Waals surface area contributed by atoms with Crippen LogP contribution in [0, 0.1) is 12.7 Å². The SMILES string of the molecule is Cc1cnc(Nc2cc(F)c(C3CCN(C)CC3)cn2)nc1Nc1ccc(Cl)c(NS(=O)(=O)C(C)(C)C)c1. The lowest BCUT2D eigenvalue weighted by Crippen LogP contribution is -2.33. The van der Waals surface area contributed by atoms with Crippen molar-refractivity contribution in [2.24, 2.45) is 0 Å². The summed E-state index contributed by atoms with van der Waals surface area (Å²) in [5, 5.41) is 6.41. The molecule has 1 aliphatic heterocycles. The lowest BCUT2D eigenvalue weighted by atomic mass is 9.90. The number of anilines is 5. The Labute approximate surface area is 228 Å². The topological polar surface area (TPSA) is 112 Å². The first-order chi connectivity index (χ1) is 17.8. The number of hydrogen-bond acceptors (Lipinski definition) is 8. The number of nitrogens with one attached hydrogen (secondary N) is 3. The van der Waals surface area contributed by atoms with E-state index in [4.69, 9.17) is 11.6 Å². The van der Waals surface area contributed by atoms with E-state index in [1.54, 1.807) is 51.4 Å². The summed E-state index contributed by atoms with van der Waals surface area (Å²) in [5.74, 6) is 0.891. The van der Waals surface area contributed by atoms with Gasteiger partial charge in [0.2, 0.25) is 16.0 Å². The third-order valence-electron chi connectivity index (χ3n) is 6.53. The molecule has 9 nitrogen and oxygen atoms in total. The average molecular weight is 562 g/mol. The highest BCUT2D eigenvalue weighted by Crippen LogP contribution is 2.32. The molecule has 1 fully saturated rings. The fraction of sp³-hybridized carbons (Fsp3) is 0.423. The van der Waals surface area contributed by atoms with Gasteiger partial charge in [0.15, 0.2) is 0 Å². The van der Waals surface area contributed by atoms with Crippen molar-refractivity contribution in [2.75, 3.05) is 35.5 Å². The summed E-state index contributed by atoms with van der Waals surface area (Å²) in [7, 11) is -1.59. The molecule has 1 aliphatic rings. The van der Waals surface area contributed by atoms with Gasteiger partial charge >= 0.3 is 0 Å². The van der Waals surface area contributed by atoms with E-state index in [9.17, 15) is 12.8 Å². The Morgan fingerprint density at radius 2 is 1.79 bits per heavy atom. The minimum Gasteiger partial charge on any atom is -0.340 e. The molecule has 3 aromatic rings. The van der Waals surface area contributed by atoms with Crippen molar-refractivity contribution in [3.05, 3.63) is 58.6 Å². The smallest absolute Gasteiger partial charge is 0.237 e. The number of halogens is 2. The Bertz CT molecular complexity index is 1420. The fourth-order valence-electron chi connectivity index (χ4n) is 3.99. The third-order valence-corrected chi connectivity index (χ3v) is 8.96. The van der Waals surface area contributed by atoms with Gasteiger partial charge in [0, 0.05) is 35.3 Å².